The van der Waals surface area contributed by atoms with Crippen LogP contribution in [0.2, 0.25) is 0 Å². The largest absolute Gasteiger partial charge is 0.355 e. The van der Waals surface area contributed by atoms with Crippen molar-refractivity contribution in [1.82, 2.24) is 15.3 Å². The zero-order valence-corrected chi connectivity index (χ0v) is 18.6. The van der Waals surface area contributed by atoms with Crippen LogP contribution in [0.15, 0.2) is 30.3 Å². The van der Waals surface area contributed by atoms with Crippen molar-refractivity contribution in [2.75, 3.05) is 29.9 Å². The van der Waals surface area contributed by atoms with E-state index >= 15 is 0 Å². The molecule has 1 aliphatic heterocycles. The first-order valence-electron chi connectivity index (χ1n) is 11.9. The van der Waals surface area contributed by atoms with Gasteiger partial charge in [-0.05, 0) is 56.3 Å². The SMILES string of the molecule is CCCc1cc(N2CCC(NCC3CCCCC3)C2)nc(Nc2cccc(C#N)c2)n1. The second kappa shape index (κ2) is 10.6. The highest BCUT2D eigenvalue weighted by Gasteiger charge is 2.25. The van der Waals surface area contributed by atoms with Gasteiger partial charge in [-0.25, -0.2) is 4.98 Å². The lowest BCUT2D eigenvalue weighted by Gasteiger charge is -2.24. The topological polar surface area (TPSA) is 76.9 Å². The molecule has 0 amide bonds. The van der Waals surface area contributed by atoms with Crippen molar-refractivity contribution in [2.24, 2.45) is 5.92 Å². The van der Waals surface area contributed by atoms with Gasteiger partial charge in [0, 0.05) is 36.6 Å². The molecule has 6 heteroatoms. The second-order valence-corrected chi connectivity index (χ2v) is 8.95. The van der Waals surface area contributed by atoms with E-state index in [0.29, 0.717) is 17.6 Å². The van der Waals surface area contributed by atoms with E-state index in [2.05, 4.69) is 34.6 Å². The van der Waals surface area contributed by atoms with Crippen LogP contribution in [0, 0.1) is 17.2 Å². The van der Waals surface area contributed by atoms with Crippen LogP contribution in [0.4, 0.5) is 17.5 Å². The van der Waals surface area contributed by atoms with Crippen LogP contribution in [-0.4, -0.2) is 35.6 Å². The Hall–Kier alpha value is -2.65. The zero-order valence-electron chi connectivity index (χ0n) is 18.6. The fourth-order valence-electron chi connectivity index (χ4n) is 4.74. The molecule has 1 saturated carbocycles. The summed E-state index contributed by atoms with van der Waals surface area (Å²) < 4.78 is 0. The lowest BCUT2D eigenvalue weighted by molar-refractivity contribution is 0.330. The van der Waals surface area contributed by atoms with Crippen LogP contribution in [0.25, 0.3) is 0 Å². The number of benzene rings is 1. The Kier molecular flexibility index (Phi) is 7.37. The van der Waals surface area contributed by atoms with Crippen molar-refractivity contribution in [3.63, 3.8) is 0 Å². The molecule has 31 heavy (non-hydrogen) atoms. The summed E-state index contributed by atoms with van der Waals surface area (Å²) in [5.74, 6) is 2.46. The van der Waals surface area contributed by atoms with Gasteiger partial charge in [-0.3, -0.25) is 0 Å². The molecule has 2 aromatic rings. The smallest absolute Gasteiger partial charge is 0.229 e. The summed E-state index contributed by atoms with van der Waals surface area (Å²) in [4.78, 5) is 11.9. The molecular formula is C25H34N6. The first kappa shape index (κ1) is 21.6. The third kappa shape index (κ3) is 5.95. The normalized spacial score (nSPS) is 19.4. The van der Waals surface area contributed by atoms with Crippen molar-refractivity contribution < 1.29 is 0 Å². The predicted octanol–water partition coefficient (Wildman–Crippen LogP) is 4.79. The molecule has 1 atom stereocenters. The van der Waals surface area contributed by atoms with Gasteiger partial charge < -0.3 is 15.5 Å². The number of anilines is 3. The molecule has 1 aliphatic carbocycles. The second-order valence-electron chi connectivity index (χ2n) is 8.95. The fourth-order valence-corrected chi connectivity index (χ4v) is 4.74. The van der Waals surface area contributed by atoms with Gasteiger partial charge >= 0.3 is 0 Å². The molecule has 1 saturated heterocycles. The Balaban J connectivity index is 1.42. The maximum Gasteiger partial charge on any atom is 0.229 e. The maximum absolute atomic E-state index is 9.16. The Morgan fingerprint density at radius 3 is 2.81 bits per heavy atom. The molecule has 6 nitrogen and oxygen atoms in total. The minimum Gasteiger partial charge on any atom is -0.355 e. The first-order chi connectivity index (χ1) is 15.2. The van der Waals surface area contributed by atoms with E-state index in [1.54, 1.807) is 6.07 Å². The summed E-state index contributed by atoms with van der Waals surface area (Å²) in [6, 6.07) is 12.3. The highest BCUT2D eigenvalue weighted by molar-refractivity contribution is 5.58. The lowest BCUT2D eigenvalue weighted by Crippen LogP contribution is -2.36. The van der Waals surface area contributed by atoms with Crippen LogP contribution in [0.3, 0.4) is 0 Å². The van der Waals surface area contributed by atoms with Crippen molar-refractivity contribution in [3.05, 3.63) is 41.6 Å². The van der Waals surface area contributed by atoms with Crippen molar-refractivity contribution in [2.45, 2.75) is 64.3 Å². The van der Waals surface area contributed by atoms with Gasteiger partial charge in [-0.1, -0.05) is 38.7 Å². The highest BCUT2D eigenvalue weighted by Crippen LogP contribution is 2.25. The summed E-state index contributed by atoms with van der Waals surface area (Å²) in [6.45, 7) is 5.35. The Bertz CT molecular complexity index is 899. The number of hydrogen-bond donors (Lipinski definition) is 2. The van der Waals surface area contributed by atoms with E-state index in [0.717, 1.165) is 62.0 Å². The molecule has 2 fully saturated rings. The van der Waals surface area contributed by atoms with Crippen LogP contribution in [-0.2, 0) is 6.42 Å². The molecule has 164 valence electrons. The summed E-state index contributed by atoms with van der Waals surface area (Å²) in [5, 5.41) is 16.3. The molecule has 1 unspecified atom stereocenters. The Morgan fingerprint density at radius 2 is 2.00 bits per heavy atom. The van der Waals surface area contributed by atoms with Gasteiger partial charge in [-0.2, -0.15) is 10.2 Å². The molecule has 0 bridgehead atoms. The molecule has 2 N–H and O–H groups in total. The molecule has 0 radical (unpaired) electrons. The number of nitrogens with zero attached hydrogens (tertiary/aromatic N) is 4. The van der Waals surface area contributed by atoms with E-state index in [4.69, 9.17) is 15.2 Å². The Labute approximate surface area is 186 Å². The number of rotatable bonds is 8. The molecule has 2 heterocycles. The van der Waals surface area contributed by atoms with Crippen LogP contribution in [0.5, 0.6) is 0 Å². The number of aromatic nitrogens is 2. The van der Waals surface area contributed by atoms with Crippen LogP contribution >= 0.6 is 0 Å². The summed E-state index contributed by atoms with van der Waals surface area (Å²) >= 11 is 0. The standard InChI is InChI=1S/C25H34N6/c1-2-7-21-15-24(30-25(28-21)29-22-11-6-10-20(14-22)16-26)31-13-12-23(18-31)27-17-19-8-4-3-5-9-19/h6,10-11,14-15,19,23,27H,2-5,7-9,12-13,17-18H2,1H3,(H,28,29,30). The molecule has 1 aromatic heterocycles. The first-order valence-corrected chi connectivity index (χ1v) is 11.9. The minimum absolute atomic E-state index is 0.537. The van der Waals surface area contributed by atoms with E-state index in [9.17, 15) is 0 Å². The number of aryl methyl sites for hydroxylation is 1. The molecular weight excluding hydrogens is 384 g/mol. The molecule has 1 aromatic carbocycles. The number of nitriles is 1. The van der Waals surface area contributed by atoms with E-state index in [-0.39, 0.29) is 0 Å². The van der Waals surface area contributed by atoms with Gasteiger partial charge in [0.25, 0.3) is 0 Å². The molecule has 4 rings (SSSR count). The number of nitrogens with one attached hydrogen (secondary N) is 2. The van der Waals surface area contributed by atoms with Crippen molar-refractivity contribution >= 4 is 17.5 Å². The average molecular weight is 419 g/mol. The van der Waals surface area contributed by atoms with Gasteiger partial charge in [0.15, 0.2) is 0 Å². The zero-order chi connectivity index (χ0) is 21.5. The van der Waals surface area contributed by atoms with Gasteiger partial charge in [0.2, 0.25) is 5.95 Å². The van der Waals surface area contributed by atoms with E-state index in [1.165, 1.54) is 32.1 Å². The Morgan fingerprint density at radius 1 is 1.13 bits per heavy atom. The molecule has 2 aliphatic rings. The summed E-state index contributed by atoms with van der Waals surface area (Å²) in [6.07, 6.45) is 10.1. The van der Waals surface area contributed by atoms with Crippen LogP contribution < -0.4 is 15.5 Å². The highest BCUT2D eigenvalue weighted by atomic mass is 15.3. The van der Waals surface area contributed by atoms with Gasteiger partial charge in [0.05, 0.1) is 11.6 Å². The summed E-state index contributed by atoms with van der Waals surface area (Å²) in [7, 11) is 0. The average Bonchev–Trinajstić information content (AvgIpc) is 3.28. The summed E-state index contributed by atoms with van der Waals surface area (Å²) in [5.41, 5.74) is 2.53. The maximum atomic E-state index is 9.16. The third-order valence-electron chi connectivity index (χ3n) is 6.45. The molecule has 0 spiro atoms. The van der Waals surface area contributed by atoms with Gasteiger partial charge in [0.1, 0.15) is 5.82 Å². The van der Waals surface area contributed by atoms with Gasteiger partial charge in [-0.15, -0.1) is 0 Å². The predicted molar refractivity (Wildman–Crippen MR) is 126 cm³/mol. The minimum atomic E-state index is 0.537. The van der Waals surface area contributed by atoms with E-state index in [1.807, 2.05) is 18.2 Å². The van der Waals surface area contributed by atoms with Crippen molar-refractivity contribution in [3.8, 4) is 6.07 Å². The van der Waals surface area contributed by atoms with Crippen molar-refractivity contribution in [1.29, 1.82) is 5.26 Å². The third-order valence-corrected chi connectivity index (χ3v) is 6.45. The van der Waals surface area contributed by atoms with E-state index < -0.39 is 0 Å². The number of hydrogen-bond acceptors (Lipinski definition) is 6. The quantitative estimate of drug-likeness (QED) is 0.642. The lowest BCUT2D eigenvalue weighted by atomic mass is 9.89. The monoisotopic (exact) mass is 418 g/mol. The van der Waals surface area contributed by atoms with Crippen LogP contribution in [0.1, 0.15) is 63.1 Å². The fraction of sp³-hybridized carbons (Fsp3) is 0.560.